The average Bonchev–Trinajstić information content (AvgIpc) is 2.80. The van der Waals surface area contributed by atoms with E-state index < -0.39 is 5.92 Å². The summed E-state index contributed by atoms with van der Waals surface area (Å²) >= 11 is 0. The number of hydrogen-bond donors (Lipinski definition) is 3. The lowest BCUT2D eigenvalue weighted by atomic mass is 9.85. The molecule has 0 bridgehead atoms. The molecule has 1 heterocycles. The Bertz CT molecular complexity index is 858. The maximum Gasteiger partial charge on any atom is 0.270 e. The van der Waals surface area contributed by atoms with Gasteiger partial charge in [0.2, 0.25) is 0 Å². The Morgan fingerprint density at radius 3 is 2.62 bits per heavy atom. The Hall–Kier alpha value is -1.83. The second-order valence-corrected chi connectivity index (χ2v) is 10.1. The Kier molecular flexibility index (Phi) is 9.63. The molecule has 1 aromatic rings. The molecule has 1 saturated carbocycles. The molecule has 0 amide bonds. The van der Waals surface area contributed by atoms with E-state index in [0.717, 1.165) is 76.2 Å². The highest BCUT2D eigenvalue weighted by atomic mass is 19.3. The van der Waals surface area contributed by atoms with Gasteiger partial charge in [0.25, 0.3) is 5.92 Å². The number of aliphatic imine (C=N–C) groups is 1. The molecule has 1 aliphatic carbocycles. The predicted molar refractivity (Wildman–Crippen MR) is 134 cm³/mol. The van der Waals surface area contributed by atoms with Gasteiger partial charge in [0.05, 0.1) is 11.8 Å². The molecular formula is C27H41F2N3O2. The maximum absolute atomic E-state index is 13.6. The van der Waals surface area contributed by atoms with Gasteiger partial charge in [-0.1, -0.05) is 12.1 Å². The molecule has 1 atom stereocenters. The van der Waals surface area contributed by atoms with Crippen molar-refractivity contribution in [2.24, 2.45) is 10.9 Å². The third-order valence-corrected chi connectivity index (χ3v) is 7.35. The molecule has 190 valence electrons. The van der Waals surface area contributed by atoms with Crippen LogP contribution in [0.3, 0.4) is 0 Å². The molecule has 0 aromatic heterocycles. The van der Waals surface area contributed by atoms with Crippen LogP contribution in [0, 0.1) is 5.92 Å². The summed E-state index contributed by atoms with van der Waals surface area (Å²) in [6.07, 6.45) is 9.75. The van der Waals surface area contributed by atoms with E-state index in [1.807, 2.05) is 6.92 Å². The van der Waals surface area contributed by atoms with E-state index in [9.17, 15) is 19.0 Å². The zero-order chi connectivity index (χ0) is 24.7. The number of allylic oxidation sites excluding steroid dienone is 1. The van der Waals surface area contributed by atoms with Crippen LogP contribution >= 0.6 is 0 Å². The summed E-state index contributed by atoms with van der Waals surface area (Å²) in [4.78, 5) is 6.87. The van der Waals surface area contributed by atoms with Gasteiger partial charge < -0.3 is 20.4 Å². The number of aliphatic hydroxyl groups is 1. The fraction of sp³-hybridized carbons (Fsp3) is 0.667. The summed E-state index contributed by atoms with van der Waals surface area (Å²) in [5.74, 6) is -2.43. The molecule has 3 N–H and O–H groups in total. The lowest BCUT2D eigenvalue weighted by Gasteiger charge is -2.34. The van der Waals surface area contributed by atoms with Gasteiger partial charge >= 0.3 is 0 Å². The Morgan fingerprint density at radius 2 is 1.97 bits per heavy atom. The molecule has 34 heavy (non-hydrogen) atoms. The van der Waals surface area contributed by atoms with Crippen molar-refractivity contribution < 1.29 is 19.0 Å². The first-order valence-electron chi connectivity index (χ1n) is 12.7. The minimum atomic E-state index is -3.00. The van der Waals surface area contributed by atoms with Crippen LogP contribution in [-0.2, 0) is 5.92 Å². The molecule has 0 unspecified atom stereocenters. The Morgan fingerprint density at radius 1 is 1.24 bits per heavy atom. The van der Waals surface area contributed by atoms with Crippen molar-refractivity contribution in [1.29, 1.82) is 0 Å². The van der Waals surface area contributed by atoms with E-state index in [-0.39, 0.29) is 17.4 Å². The molecule has 1 aromatic carbocycles. The number of benzene rings is 1. The lowest BCUT2D eigenvalue weighted by molar-refractivity contribution is 0.0172. The van der Waals surface area contributed by atoms with Crippen LogP contribution in [0.15, 0.2) is 34.8 Å². The van der Waals surface area contributed by atoms with Crippen molar-refractivity contribution in [3.05, 3.63) is 41.0 Å². The number of nitrogens with one attached hydrogen (secondary N) is 1. The van der Waals surface area contributed by atoms with Gasteiger partial charge in [-0.05, 0) is 88.6 Å². The highest BCUT2D eigenvalue weighted by Gasteiger charge is 2.26. The quantitative estimate of drug-likeness (QED) is 0.444. The van der Waals surface area contributed by atoms with Crippen LogP contribution in [0.5, 0.6) is 5.75 Å². The summed E-state index contributed by atoms with van der Waals surface area (Å²) in [5, 5.41) is 23.7. The highest BCUT2D eigenvalue weighted by molar-refractivity contribution is 6.13. The summed E-state index contributed by atoms with van der Waals surface area (Å²) in [7, 11) is 1.65. The van der Waals surface area contributed by atoms with E-state index in [2.05, 4.69) is 21.3 Å². The molecule has 3 rings (SSSR count). The zero-order valence-electron chi connectivity index (χ0n) is 20.9. The van der Waals surface area contributed by atoms with Crippen LogP contribution in [0.2, 0.25) is 0 Å². The fourth-order valence-corrected chi connectivity index (χ4v) is 5.21. The molecular weight excluding hydrogens is 436 g/mol. The van der Waals surface area contributed by atoms with Gasteiger partial charge in [0.1, 0.15) is 5.75 Å². The van der Waals surface area contributed by atoms with Gasteiger partial charge in [-0.25, -0.2) is 8.78 Å². The first-order valence-corrected chi connectivity index (χ1v) is 12.7. The third-order valence-electron chi connectivity index (χ3n) is 7.35. The fourth-order valence-electron chi connectivity index (χ4n) is 5.21. The molecule has 1 saturated heterocycles. The number of rotatable bonds is 9. The number of phenolic OH excluding ortho intramolecular Hbond substituents is 1. The predicted octanol–water partition coefficient (Wildman–Crippen LogP) is 4.86. The number of aromatic hydroxyl groups is 1. The minimum Gasteiger partial charge on any atom is -0.507 e. The highest BCUT2D eigenvalue weighted by Crippen LogP contribution is 2.32. The molecule has 0 radical (unpaired) electrons. The zero-order valence-corrected chi connectivity index (χ0v) is 20.9. The number of nitrogens with zero attached hydrogens (tertiary/aromatic N) is 2. The first-order chi connectivity index (χ1) is 16.2. The van der Waals surface area contributed by atoms with Crippen molar-refractivity contribution in [3.63, 3.8) is 0 Å². The van der Waals surface area contributed by atoms with Crippen LogP contribution in [0.4, 0.5) is 8.78 Å². The topological polar surface area (TPSA) is 68.1 Å². The number of hydrogen-bond acceptors (Lipinski definition) is 5. The molecule has 1 aliphatic heterocycles. The van der Waals surface area contributed by atoms with E-state index >= 15 is 0 Å². The maximum atomic E-state index is 13.6. The van der Waals surface area contributed by atoms with Crippen molar-refractivity contribution in [1.82, 2.24) is 10.2 Å². The number of aliphatic hydroxyl groups excluding tert-OH is 1. The van der Waals surface area contributed by atoms with E-state index in [1.165, 1.54) is 25.0 Å². The number of likely N-dealkylation sites (tertiary alicyclic amines) is 1. The molecule has 2 fully saturated rings. The summed E-state index contributed by atoms with van der Waals surface area (Å²) in [6, 6.07) is 4.42. The van der Waals surface area contributed by atoms with Gasteiger partial charge in [-0.3, -0.25) is 4.99 Å². The molecule has 0 spiro atoms. The number of phenols is 1. The smallest absolute Gasteiger partial charge is 0.270 e. The summed E-state index contributed by atoms with van der Waals surface area (Å²) in [6.45, 7) is 6.77. The molecule has 5 nitrogen and oxygen atoms in total. The van der Waals surface area contributed by atoms with Gasteiger partial charge in [-0.2, -0.15) is 0 Å². The largest absolute Gasteiger partial charge is 0.507 e. The minimum absolute atomic E-state index is 0.0842. The van der Waals surface area contributed by atoms with Crippen molar-refractivity contribution >= 4 is 5.71 Å². The van der Waals surface area contributed by atoms with Crippen LogP contribution in [0.25, 0.3) is 0 Å². The normalized spacial score (nSPS) is 25.5. The van der Waals surface area contributed by atoms with Crippen LogP contribution in [-0.4, -0.2) is 66.2 Å². The SMILES string of the molecule is C/N=C(\C(C)=C/CN[C@@H]1CCCN(CCC2CCC(O)CC2)C1)c1ccc(C(C)(F)F)cc1O. The van der Waals surface area contributed by atoms with Gasteiger partial charge in [0, 0.05) is 44.2 Å². The third kappa shape index (κ3) is 7.59. The Balaban J connectivity index is 1.49. The summed E-state index contributed by atoms with van der Waals surface area (Å²) < 4.78 is 27.1. The summed E-state index contributed by atoms with van der Waals surface area (Å²) in [5.41, 5.74) is 1.75. The van der Waals surface area contributed by atoms with E-state index in [0.29, 0.717) is 23.9 Å². The van der Waals surface area contributed by atoms with Crippen molar-refractivity contribution in [2.45, 2.75) is 76.9 Å². The Labute approximate surface area is 203 Å². The number of alkyl halides is 2. The van der Waals surface area contributed by atoms with E-state index in [1.54, 1.807) is 7.05 Å². The van der Waals surface area contributed by atoms with Crippen LogP contribution in [0.1, 0.15) is 69.9 Å². The van der Waals surface area contributed by atoms with E-state index in [4.69, 9.17) is 0 Å². The molecule has 2 aliphatic rings. The average molecular weight is 478 g/mol. The standard InChI is InChI=1S/C27H41F2N3O2/c1-19(26(30-3)24-11-8-21(17-25(24)34)27(2,28)29)12-14-31-22-5-4-15-32(18-22)16-13-20-6-9-23(33)10-7-20/h8,11-12,17,20,22-23,31,33-34H,4-7,9-10,13-16,18H2,1-3H3/b19-12-,30-26+/t20?,22-,23?/m1/s1. The number of piperidine rings is 1. The van der Waals surface area contributed by atoms with Gasteiger partial charge in [0.15, 0.2) is 0 Å². The van der Waals surface area contributed by atoms with Gasteiger partial charge in [-0.15, -0.1) is 0 Å². The first kappa shape index (κ1) is 26.8. The second kappa shape index (κ2) is 12.2. The van der Waals surface area contributed by atoms with Crippen LogP contribution < -0.4 is 5.32 Å². The van der Waals surface area contributed by atoms with Crippen molar-refractivity contribution in [2.75, 3.05) is 33.2 Å². The molecule has 7 heteroatoms. The second-order valence-electron chi connectivity index (χ2n) is 10.1. The number of halogens is 2. The monoisotopic (exact) mass is 477 g/mol. The van der Waals surface area contributed by atoms with Crippen molar-refractivity contribution in [3.8, 4) is 5.75 Å². The lowest BCUT2D eigenvalue weighted by Crippen LogP contribution is -2.46.